The molecule has 0 saturated heterocycles. The molecule has 0 amide bonds. The number of rotatable bonds is 2. The summed E-state index contributed by atoms with van der Waals surface area (Å²) >= 11 is 6.25. The summed E-state index contributed by atoms with van der Waals surface area (Å²) in [6, 6.07) is 8.02. The summed E-state index contributed by atoms with van der Waals surface area (Å²) < 4.78 is 5.68. The molecule has 1 atom stereocenters. The summed E-state index contributed by atoms with van der Waals surface area (Å²) in [5.41, 5.74) is 3.13. The number of halogens is 1. The van der Waals surface area contributed by atoms with E-state index in [2.05, 4.69) is 23.0 Å². The molecule has 1 aliphatic heterocycles. The third-order valence-corrected chi connectivity index (χ3v) is 3.86. The predicted octanol–water partition coefficient (Wildman–Crippen LogP) is 3.53. The van der Waals surface area contributed by atoms with Gasteiger partial charge in [0.25, 0.3) is 0 Å². The number of aryl methyl sites for hydroxylation is 1. The van der Waals surface area contributed by atoms with Crippen molar-refractivity contribution in [2.24, 2.45) is 0 Å². The van der Waals surface area contributed by atoms with Gasteiger partial charge < -0.3 is 4.74 Å². The molecule has 1 aromatic carbocycles. The number of aromatic nitrogens is 2. The average Bonchev–Trinajstić information content (AvgIpc) is 2.82. The molecule has 1 aliphatic rings. The van der Waals surface area contributed by atoms with Gasteiger partial charge in [-0.05, 0) is 19.4 Å². The Kier molecular flexibility index (Phi) is 3.15. The van der Waals surface area contributed by atoms with Crippen molar-refractivity contribution in [1.82, 2.24) is 9.97 Å². The molecule has 0 aliphatic carbocycles. The van der Waals surface area contributed by atoms with Crippen molar-refractivity contribution in [3.63, 3.8) is 0 Å². The number of ether oxygens (including phenoxy) is 1. The van der Waals surface area contributed by atoms with Crippen molar-refractivity contribution in [2.45, 2.75) is 26.2 Å². The largest absolute Gasteiger partial charge is 0.492 e. The standard InChI is InChI=1S/C15H15ClN2O/c1-3-10-9(2)17-15(18-14(10)16)12-8-19-13-7-5-4-6-11(12)13/h4-7,12H,3,8H2,1-2H3. The molecule has 2 heterocycles. The summed E-state index contributed by atoms with van der Waals surface area (Å²) in [6.07, 6.45) is 0.850. The van der Waals surface area contributed by atoms with Crippen molar-refractivity contribution in [2.75, 3.05) is 6.61 Å². The number of para-hydroxylation sites is 1. The molecule has 0 bridgehead atoms. The van der Waals surface area contributed by atoms with Crippen LogP contribution in [-0.4, -0.2) is 16.6 Å². The molecule has 0 saturated carbocycles. The average molecular weight is 275 g/mol. The number of fused-ring (bicyclic) bond motifs is 1. The number of hydrogen-bond acceptors (Lipinski definition) is 3. The first kappa shape index (κ1) is 12.4. The number of hydrogen-bond donors (Lipinski definition) is 0. The van der Waals surface area contributed by atoms with Crippen LogP contribution in [-0.2, 0) is 6.42 Å². The van der Waals surface area contributed by atoms with Crippen LogP contribution in [0, 0.1) is 6.92 Å². The molecule has 19 heavy (non-hydrogen) atoms. The Morgan fingerprint density at radius 1 is 1.32 bits per heavy atom. The van der Waals surface area contributed by atoms with E-state index in [1.54, 1.807) is 0 Å². The highest BCUT2D eigenvalue weighted by atomic mass is 35.5. The first-order valence-electron chi connectivity index (χ1n) is 6.45. The summed E-state index contributed by atoms with van der Waals surface area (Å²) in [5, 5.41) is 0.564. The second-order valence-electron chi connectivity index (χ2n) is 4.69. The Labute approximate surface area is 117 Å². The van der Waals surface area contributed by atoms with Gasteiger partial charge in [-0.25, -0.2) is 9.97 Å². The zero-order valence-corrected chi connectivity index (χ0v) is 11.7. The Morgan fingerprint density at radius 2 is 2.11 bits per heavy atom. The van der Waals surface area contributed by atoms with Gasteiger partial charge in [0, 0.05) is 16.8 Å². The molecule has 3 nitrogen and oxygen atoms in total. The molecule has 0 radical (unpaired) electrons. The fraction of sp³-hybridized carbons (Fsp3) is 0.333. The predicted molar refractivity (Wildman–Crippen MR) is 74.9 cm³/mol. The van der Waals surface area contributed by atoms with Gasteiger partial charge in [-0.3, -0.25) is 0 Å². The molecule has 4 heteroatoms. The lowest BCUT2D eigenvalue weighted by Crippen LogP contribution is -2.10. The maximum absolute atomic E-state index is 6.25. The Bertz CT molecular complexity index is 604. The van der Waals surface area contributed by atoms with E-state index >= 15 is 0 Å². The fourth-order valence-electron chi connectivity index (χ4n) is 2.52. The van der Waals surface area contributed by atoms with Crippen LogP contribution in [0.4, 0.5) is 0 Å². The smallest absolute Gasteiger partial charge is 0.141 e. The van der Waals surface area contributed by atoms with Gasteiger partial charge in [0.15, 0.2) is 0 Å². The van der Waals surface area contributed by atoms with Crippen LogP contribution in [0.25, 0.3) is 0 Å². The zero-order chi connectivity index (χ0) is 13.4. The van der Waals surface area contributed by atoms with Crippen molar-refractivity contribution in [3.8, 4) is 5.75 Å². The van der Waals surface area contributed by atoms with Crippen LogP contribution in [0.1, 0.15) is 35.5 Å². The van der Waals surface area contributed by atoms with Crippen LogP contribution in [0.15, 0.2) is 24.3 Å². The molecule has 0 fully saturated rings. The van der Waals surface area contributed by atoms with Gasteiger partial charge in [-0.1, -0.05) is 36.7 Å². The first-order chi connectivity index (χ1) is 9.20. The molecule has 1 unspecified atom stereocenters. The van der Waals surface area contributed by atoms with Gasteiger partial charge in [-0.15, -0.1) is 0 Å². The van der Waals surface area contributed by atoms with E-state index in [1.807, 2.05) is 25.1 Å². The topological polar surface area (TPSA) is 35.0 Å². The summed E-state index contributed by atoms with van der Waals surface area (Å²) in [6.45, 7) is 4.63. The van der Waals surface area contributed by atoms with Crippen LogP contribution in [0.3, 0.4) is 0 Å². The lowest BCUT2D eigenvalue weighted by molar-refractivity contribution is 0.339. The molecule has 1 aromatic heterocycles. The van der Waals surface area contributed by atoms with E-state index in [9.17, 15) is 0 Å². The third-order valence-electron chi connectivity index (χ3n) is 3.55. The normalized spacial score (nSPS) is 17.1. The van der Waals surface area contributed by atoms with Crippen molar-refractivity contribution < 1.29 is 4.74 Å². The summed E-state index contributed by atoms with van der Waals surface area (Å²) in [5.74, 6) is 1.76. The lowest BCUT2D eigenvalue weighted by Gasteiger charge is -2.11. The number of nitrogens with zero attached hydrogens (tertiary/aromatic N) is 2. The summed E-state index contributed by atoms with van der Waals surface area (Å²) in [4.78, 5) is 9.07. The minimum atomic E-state index is 0.0818. The Morgan fingerprint density at radius 3 is 2.84 bits per heavy atom. The fourth-order valence-corrected chi connectivity index (χ4v) is 2.87. The minimum absolute atomic E-state index is 0.0818. The highest BCUT2D eigenvalue weighted by molar-refractivity contribution is 6.30. The molecular formula is C15H15ClN2O. The van der Waals surface area contributed by atoms with E-state index in [0.29, 0.717) is 11.8 Å². The van der Waals surface area contributed by atoms with Crippen molar-refractivity contribution in [1.29, 1.82) is 0 Å². The zero-order valence-electron chi connectivity index (χ0n) is 11.0. The van der Waals surface area contributed by atoms with Gasteiger partial charge in [0.2, 0.25) is 0 Å². The van der Waals surface area contributed by atoms with Gasteiger partial charge >= 0.3 is 0 Å². The van der Waals surface area contributed by atoms with Crippen molar-refractivity contribution in [3.05, 3.63) is 52.1 Å². The molecule has 0 spiro atoms. The van der Waals surface area contributed by atoms with E-state index in [1.165, 1.54) is 0 Å². The van der Waals surface area contributed by atoms with Gasteiger partial charge in [0.05, 0.1) is 5.92 Å². The molecule has 2 aromatic rings. The van der Waals surface area contributed by atoms with E-state index < -0.39 is 0 Å². The highest BCUT2D eigenvalue weighted by Gasteiger charge is 2.28. The quantitative estimate of drug-likeness (QED) is 0.786. The maximum Gasteiger partial charge on any atom is 0.141 e. The van der Waals surface area contributed by atoms with Gasteiger partial charge in [0.1, 0.15) is 23.3 Å². The van der Waals surface area contributed by atoms with Crippen LogP contribution in [0.5, 0.6) is 5.75 Å². The monoisotopic (exact) mass is 274 g/mol. The third kappa shape index (κ3) is 2.08. The molecular weight excluding hydrogens is 260 g/mol. The Hall–Kier alpha value is -1.61. The van der Waals surface area contributed by atoms with Crippen LogP contribution >= 0.6 is 11.6 Å². The first-order valence-corrected chi connectivity index (χ1v) is 6.83. The second-order valence-corrected chi connectivity index (χ2v) is 5.05. The highest BCUT2D eigenvalue weighted by Crippen LogP contribution is 2.37. The van der Waals surface area contributed by atoms with E-state index in [4.69, 9.17) is 16.3 Å². The SMILES string of the molecule is CCc1c(C)nc(C2COc3ccccc32)nc1Cl. The number of benzene rings is 1. The van der Waals surface area contributed by atoms with E-state index in [0.717, 1.165) is 34.8 Å². The Balaban J connectivity index is 2.05. The maximum atomic E-state index is 6.25. The van der Waals surface area contributed by atoms with Gasteiger partial charge in [-0.2, -0.15) is 0 Å². The van der Waals surface area contributed by atoms with Crippen LogP contribution < -0.4 is 4.74 Å². The molecule has 98 valence electrons. The minimum Gasteiger partial charge on any atom is -0.492 e. The van der Waals surface area contributed by atoms with Crippen LogP contribution in [0.2, 0.25) is 5.15 Å². The summed E-state index contributed by atoms with van der Waals surface area (Å²) in [7, 11) is 0. The molecule has 0 N–H and O–H groups in total. The van der Waals surface area contributed by atoms with E-state index in [-0.39, 0.29) is 5.92 Å². The second kappa shape index (κ2) is 4.82. The molecule has 3 rings (SSSR count). The van der Waals surface area contributed by atoms with Crippen molar-refractivity contribution >= 4 is 11.6 Å². The lowest BCUT2D eigenvalue weighted by atomic mass is 10.0.